The fourth-order valence-electron chi connectivity index (χ4n) is 2.33. The van der Waals surface area contributed by atoms with E-state index < -0.39 is 5.60 Å². The van der Waals surface area contributed by atoms with E-state index in [-0.39, 0.29) is 30.1 Å². The molecule has 2 N–H and O–H groups in total. The van der Waals surface area contributed by atoms with Crippen molar-refractivity contribution in [1.29, 1.82) is 0 Å². The lowest BCUT2D eigenvalue weighted by molar-refractivity contribution is -0.123. The number of carbonyl (C=O) groups is 1. The van der Waals surface area contributed by atoms with Crippen LogP contribution in [0.25, 0.3) is 0 Å². The molecule has 3 nitrogen and oxygen atoms in total. The Kier molecular flexibility index (Phi) is 4.70. The summed E-state index contributed by atoms with van der Waals surface area (Å²) in [4.78, 5) is 12.0. The molecule has 0 bridgehead atoms. The molecule has 0 saturated heterocycles. The van der Waals surface area contributed by atoms with Crippen molar-refractivity contribution in [1.82, 2.24) is 5.32 Å². The summed E-state index contributed by atoms with van der Waals surface area (Å²) in [5, 5.41) is 12.8. The Hall–Kier alpha value is -1.07. The number of carbonyl (C=O) groups excluding carboxylic acids is 1. The largest absolute Gasteiger partial charge is 0.387 e. The van der Waals surface area contributed by atoms with Crippen molar-refractivity contribution < 1.29 is 14.3 Å². The molecular weight excluding hydrogens is 277 g/mol. The minimum Gasteiger partial charge on any atom is -0.387 e. The predicted octanol–water partition coefficient (Wildman–Crippen LogP) is 2.16. The summed E-state index contributed by atoms with van der Waals surface area (Å²) in [5.41, 5.74) is 0.123. The molecule has 0 heterocycles. The van der Waals surface area contributed by atoms with Crippen LogP contribution in [0.15, 0.2) is 24.3 Å². The van der Waals surface area contributed by atoms with E-state index in [2.05, 4.69) is 5.32 Å². The van der Waals surface area contributed by atoms with Gasteiger partial charge in [0.15, 0.2) is 0 Å². The van der Waals surface area contributed by atoms with Gasteiger partial charge in [0, 0.05) is 18.2 Å². The van der Waals surface area contributed by atoms with Crippen LogP contribution in [0, 0.1) is 11.7 Å². The SMILES string of the molecule is CSCC(C)(O)CNC(=O)C1CC1c1ccc(F)cc1. The molecule has 0 aliphatic heterocycles. The Morgan fingerprint density at radius 1 is 1.50 bits per heavy atom. The van der Waals surface area contributed by atoms with Gasteiger partial charge in [-0.3, -0.25) is 4.79 Å². The van der Waals surface area contributed by atoms with Crippen molar-refractivity contribution in [2.75, 3.05) is 18.6 Å². The molecule has 1 aliphatic rings. The number of hydrogen-bond donors (Lipinski definition) is 2. The number of thioether (sulfide) groups is 1. The first kappa shape index (κ1) is 15.3. The van der Waals surface area contributed by atoms with Gasteiger partial charge in [-0.2, -0.15) is 11.8 Å². The van der Waals surface area contributed by atoms with E-state index in [1.165, 1.54) is 12.1 Å². The lowest BCUT2D eigenvalue weighted by Crippen LogP contribution is -2.43. The minimum atomic E-state index is -0.880. The fourth-order valence-corrected chi connectivity index (χ4v) is 3.06. The second-order valence-electron chi connectivity index (χ2n) is 5.65. The summed E-state index contributed by atoms with van der Waals surface area (Å²) in [6, 6.07) is 6.31. The van der Waals surface area contributed by atoms with Crippen LogP contribution in [0.3, 0.4) is 0 Å². The number of rotatable bonds is 6. The maximum atomic E-state index is 12.8. The first-order valence-corrected chi connectivity index (χ1v) is 8.07. The number of nitrogens with one attached hydrogen (secondary N) is 1. The minimum absolute atomic E-state index is 0.0271. The Morgan fingerprint density at radius 2 is 2.15 bits per heavy atom. The highest BCUT2D eigenvalue weighted by atomic mass is 32.2. The first-order chi connectivity index (χ1) is 9.43. The lowest BCUT2D eigenvalue weighted by atomic mass is 10.1. The highest BCUT2D eigenvalue weighted by Gasteiger charge is 2.44. The zero-order chi connectivity index (χ0) is 14.8. The summed E-state index contributed by atoms with van der Waals surface area (Å²) in [6.07, 6.45) is 2.71. The monoisotopic (exact) mass is 297 g/mol. The molecule has 1 aliphatic carbocycles. The molecule has 1 aromatic rings. The van der Waals surface area contributed by atoms with Gasteiger partial charge in [-0.05, 0) is 43.2 Å². The zero-order valence-electron chi connectivity index (χ0n) is 11.7. The highest BCUT2D eigenvalue weighted by molar-refractivity contribution is 7.98. The fraction of sp³-hybridized carbons (Fsp3) is 0.533. The topological polar surface area (TPSA) is 49.3 Å². The van der Waals surface area contributed by atoms with Crippen molar-refractivity contribution in [3.63, 3.8) is 0 Å². The number of hydrogen-bond acceptors (Lipinski definition) is 3. The van der Waals surface area contributed by atoms with Gasteiger partial charge >= 0.3 is 0 Å². The van der Waals surface area contributed by atoms with Crippen molar-refractivity contribution in [3.05, 3.63) is 35.6 Å². The molecule has 5 heteroatoms. The van der Waals surface area contributed by atoms with Crippen molar-refractivity contribution in [3.8, 4) is 0 Å². The molecule has 1 aromatic carbocycles. The second kappa shape index (κ2) is 6.14. The van der Waals surface area contributed by atoms with Crippen LogP contribution in [0.2, 0.25) is 0 Å². The summed E-state index contributed by atoms with van der Waals surface area (Å²) in [6.45, 7) is 1.98. The third-order valence-electron chi connectivity index (χ3n) is 3.52. The normalized spacial score (nSPS) is 24.0. The Balaban J connectivity index is 1.83. The third-order valence-corrected chi connectivity index (χ3v) is 4.43. The van der Waals surface area contributed by atoms with E-state index in [1.807, 2.05) is 6.26 Å². The molecule has 3 unspecified atom stereocenters. The Bertz CT molecular complexity index is 475. The van der Waals surface area contributed by atoms with Crippen LogP contribution >= 0.6 is 11.8 Å². The predicted molar refractivity (Wildman–Crippen MR) is 79.3 cm³/mol. The van der Waals surface area contributed by atoms with Gasteiger partial charge in [0.2, 0.25) is 5.91 Å². The summed E-state index contributed by atoms with van der Waals surface area (Å²) >= 11 is 1.55. The maximum absolute atomic E-state index is 12.8. The summed E-state index contributed by atoms with van der Waals surface area (Å²) in [5.74, 6) is 0.426. The van der Waals surface area contributed by atoms with E-state index in [0.29, 0.717) is 5.75 Å². The van der Waals surface area contributed by atoms with Gasteiger partial charge in [0.25, 0.3) is 0 Å². The molecule has 3 atom stereocenters. The van der Waals surface area contributed by atoms with Crippen LogP contribution in [-0.4, -0.2) is 35.2 Å². The van der Waals surface area contributed by atoms with E-state index >= 15 is 0 Å². The molecule has 20 heavy (non-hydrogen) atoms. The zero-order valence-corrected chi connectivity index (χ0v) is 12.5. The van der Waals surface area contributed by atoms with Gasteiger partial charge in [0.1, 0.15) is 5.82 Å². The van der Waals surface area contributed by atoms with E-state index in [1.54, 1.807) is 30.8 Å². The van der Waals surface area contributed by atoms with Gasteiger partial charge in [-0.25, -0.2) is 4.39 Å². The number of amides is 1. The summed E-state index contributed by atoms with van der Waals surface area (Å²) < 4.78 is 12.8. The summed E-state index contributed by atoms with van der Waals surface area (Å²) in [7, 11) is 0. The van der Waals surface area contributed by atoms with Gasteiger partial charge in [-0.1, -0.05) is 12.1 Å². The van der Waals surface area contributed by atoms with Crippen LogP contribution < -0.4 is 5.32 Å². The Morgan fingerprint density at radius 3 is 2.75 bits per heavy atom. The molecule has 0 spiro atoms. The number of aliphatic hydroxyl groups is 1. The van der Waals surface area contributed by atoms with Gasteiger partial charge in [0.05, 0.1) is 5.60 Å². The molecule has 1 amide bonds. The van der Waals surface area contributed by atoms with Crippen molar-refractivity contribution >= 4 is 17.7 Å². The molecule has 1 saturated carbocycles. The van der Waals surface area contributed by atoms with Crippen molar-refractivity contribution in [2.24, 2.45) is 5.92 Å². The third kappa shape index (κ3) is 3.96. The van der Waals surface area contributed by atoms with E-state index in [4.69, 9.17) is 0 Å². The molecule has 2 rings (SSSR count). The molecule has 1 fully saturated rings. The van der Waals surface area contributed by atoms with Gasteiger partial charge in [-0.15, -0.1) is 0 Å². The average Bonchev–Trinajstić information content (AvgIpc) is 3.17. The van der Waals surface area contributed by atoms with Crippen LogP contribution in [0.5, 0.6) is 0 Å². The standard InChI is InChI=1S/C15H20FNO2S/c1-15(19,9-20-2)8-17-14(18)13-7-12(13)10-3-5-11(16)6-4-10/h3-6,12-13,19H,7-9H2,1-2H3,(H,17,18). The lowest BCUT2D eigenvalue weighted by Gasteiger charge is -2.22. The molecular formula is C15H20FNO2S. The molecule has 110 valence electrons. The van der Waals surface area contributed by atoms with Crippen molar-refractivity contribution in [2.45, 2.75) is 24.9 Å². The number of halogens is 1. The highest BCUT2D eigenvalue weighted by Crippen LogP contribution is 2.47. The van der Waals surface area contributed by atoms with Crippen LogP contribution in [0.4, 0.5) is 4.39 Å². The molecule has 0 radical (unpaired) electrons. The smallest absolute Gasteiger partial charge is 0.223 e. The first-order valence-electron chi connectivity index (χ1n) is 6.67. The number of benzene rings is 1. The maximum Gasteiger partial charge on any atom is 0.223 e. The van der Waals surface area contributed by atoms with Crippen LogP contribution in [-0.2, 0) is 4.79 Å². The van der Waals surface area contributed by atoms with Crippen LogP contribution in [0.1, 0.15) is 24.8 Å². The van der Waals surface area contributed by atoms with E-state index in [9.17, 15) is 14.3 Å². The Labute approximate surface area is 123 Å². The second-order valence-corrected chi connectivity index (χ2v) is 6.51. The van der Waals surface area contributed by atoms with E-state index in [0.717, 1.165) is 12.0 Å². The molecule has 0 aromatic heterocycles. The quantitative estimate of drug-likeness (QED) is 0.846. The van der Waals surface area contributed by atoms with Gasteiger partial charge < -0.3 is 10.4 Å². The average molecular weight is 297 g/mol.